The Labute approximate surface area is 82.9 Å². The zero-order valence-electron chi connectivity index (χ0n) is 8.23. The largest absolute Gasteiger partial charge is 0.376 e. The van der Waals surface area contributed by atoms with E-state index < -0.39 is 0 Å². The van der Waals surface area contributed by atoms with Crippen LogP contribution in [0.2, 0.25) is 0 Å². The van der Waals surface area contributed by atoms with Crippen LogP contribution in [0.15, 0.2) is 6.20 Å². The molecule has 0 aromatic carbocycles. The quantitative estimate of drug-likeness (QED) is 0.770. The SMILES string of the molecule is Cc1cnnc(NCC2CCCO2)n1. The fraction of sp³-hybridized carbons (Fsp3) is 0.667. The molecule has 1 saturated heterocycles. The highest BCUT2D eigenvalue weighted by molar-refractivity contribution is 5.22. The summed E-state index contributed by atoms with van der Waals surface area (Å²) in [6.07, 6.45) is 4.21. The summed E-state index contributed by atoms with van der Waals surface area (Å²) in [6.45, 7) is 3.54. The number of nitrogens with one attached hydrogen (secondary N) is 1. The van der Waals surface area contributed by atoms with Crippen LogP contribution in [0, 0.1) is 6.92 Å². The van der Waals surface area contributed by atoms with Crippen molar-refractivity contribution >= 4 is 5.95 Å². The van der Waals surface area contributed by atoms with E-state index in [0.717, 1.165) is 31.7 Å². The lowest BCUT2D eigenvalue weighted by atomic mass is 10.2. The zero-order chi connectivity index (χ0) is 9.80. The van der Waals surface area contributed by atoms with Crippen LogP contribution in [0.1, 0.15) is 18.5 Å². The van der Waals surface area contributed by atoms with E-state index >= 15 is 0 Å². The van der Waals surface area contributed by atoms with E-state index in [9.17, 15) is 0 Å². The summed E-state index contributed by atoms with van der Waals surface area (Å²) in [5.74, 6) is 0.584. The number of aromatic nitrogens is 3. The number of ether oxygens (including phenoxy) is 1. The maximum Gasteiger partial charge on any atom is 0.243 e. The van der Waals surface area contributed by atoms with E-state index in [4.69, 9.17) is 4.74 Å². The van der Waals surface area contributed by atoms with Crippen LogP contribution in [0.3, 0.4) is 0 Å². The molecular weight excluding hydrogens is 180 g/mol. The summed E-state index contributed by atoms with van der Waals surface area (Å²) in [7, 11) is 0. The second kappa shape index (κ2) is 4.32. The second-order valence-corrected chi connectivity index (χ2v) is 3.44. The van der Waals surface area contributed by atoms with Crippen LogP contribution in [0.5, 0.6) is 0 Å². The van der Waals surface area contributed by atoms with Crippen LogP contribution in [0.4, 0.5) is 5.95 Å². The van der Waals surface area contributed by atoms with Gasteiger partial charge in [-0.2, -0.15) is 5.10 Å². The zero-order valence-corrected chi connectivity index (χ0v) is 8.23. The molecule has 0 saturated carbocycles. The predicted octanol–water partition coefficient (Wildman–Crippen LogP) is 0.771. The van der Waals surface area contributed by atoms with Crippen molar-refractivity contribution < 1.29 is 4.74 Å². The number of hydrogen-bond acceptors (Lipinski definition) is 5. The van der Waals surface area contributed by atoms with Crippen LogP contribution in [-0.4, -0.2) is 34.4 Å². The maximum absolute atomic E-state index is 5.47. The van der Waals surface area contributed by atoms with Gasteiger partial charge < -0.3 is 10.1 Å². The molecule has 14 heavy (non-hydrogen) atoms. The van der Waals surface area contributed by atoms with Crippen LogP contribution >= 0.6 is 0 Å². The van der Waals surface area contributed by atoms with Crippen molar-refractivity contribution in [2.24, 2.45) is 0 Å². The molecule has 1 atom stereocenters. The van der Waals surface area contributed by atoms with Gasteiger partial charge in [0.1, 0.15) is 0 Å². The molecule has 2 rings (SSSR count). The molecule has 76 valence electrons. The van der Waals surface area contributed by atoms with Crippen molar-refractivity contribution in [1.29, 1.82) is 0 Å². The Morgan fingerprint density at radius 3 is 3.29 bits per heavy atom. The highest BCUT2D eigenvalue weighted by Crippen LogP contribution is 2.11. The van der Waals surface area contributed by atoms with E-state index in [2.05, 4.69) is 20.5 Å². The molecule has 1 aliphatic heterocycles. The van der Waals surface area contributed by atoms with Gasteiger partial charge in [0.2, 0.25) is 5.95 Å². The van der Waals surface area contributed by atoms with Crippen LogP contribution < -0.4 is 5.32 Å². The predicted molar refractivity (Wildman–Crippen MR) is 52.0 cm³/mol. The minimum absolute atomic E-state index is 0.305. The number of rotatable bonds is 3. The molecular formula is C9H14N4O. The lowest BCUT2D eigenvalue weighted by Gasteiger charge is -2.09. The van der Waals surface area contributed by atoms with Crippen molar-refractivity contribution in [3.63, 3.8) is 0 Å². The summed E-state index contributed by atoms with van der Waals surface area (Å²) >= 11 is 0. The molecule has 0 spiro atoms. The molecule has 0 bridgehead atoms. The Balaban J connectivity index is 1.85. The smallest absolute Gasteiger partial charge is 0.243 e. The molecule has 1 unspecified atom stereocenters. The Bertz CT molecular complexity index is 299. The standard InChI is InChI=1S/C9H14N4O/c1-7-5-11-13-9(12-7)10-6-8-3-2-4-14-8/h5,8H,2-4,6H2,1H3,(H,10,12,13). The molecule has 0 amide bonds. The van der Waals surface area contributed by atoms with Gasteiger partial charge in [-0.1, -0.05) is 0 Å². The Kier molecular flexibility index (Phi) is 2.88. The topological polar surface area (TPSA) is 59.9 Å². The number of aryl methyl sites for hydroxylation is 1. The van der Waals surface area contributed by atoms with Gasteiger partial charge in [-0.05, 0) is 19.8 Å². The number of hydrogen-bond donors (Lipinski definition) is 1. The summed E-state index contributed by atoms with van der Waals surface area (Å²) < 4.78 is 5.47. The van der Waals surface area contributed by atoms with Crippen LogP contribution in [0.25, 0.3) is 0 Å². The van der Waals surface area contributed by atoms with Crippen molar-refractivity contribution in [3.8, 4) is 0 Å². The summed E-state index contributed by atoms with van der Waals surface area (Å²) in [4.78, 5) is 4.19. The van der Waals surface area contributed by atoms with E-state index in [-0.39, 0.29) is 0 Å². The van der Waals surface area contributed by atoms with Gasteiger partial charge in [0.05, 0.1) is 18.0 Å². The van der Waals surface area contributed by atoms with Gasteiger partial charge >= 0.3 is 0 Å². The first-order chi connectivity index (χ1) is 6.84. The molecule has 1 aliphatic rings. The molecule has 1 aromatic rings. The van der Waals surface area contributed by atoms with E-state index in [1.165, 1.54) is 0 Å². The molecule has 1 N–H and O–H groups in total. The van der Waals surface area contributed by atoms with E-state index in [1.807, 2.05) is 6.92 Å². The van der Waals surface area contributed by atoms with Gasteiger partial charge in [-0.25, -0.2) is 4.98 Å². The van der Waals surface area contributed by atoms with Gasteiger partial charge in [0, 0.05) is 13.2 Å². The molecule has 0 aliphatic carbocycles. The molecule has 5 nitrogen and oxygen atoms in total. The fourth-order valence-corrected chi connectivity index (χ4v) is 1.47. The monoisotopic (exact) mass is 194 g/mol. The van der Waals surface area contributed by atoms with Crippen molar-refractivity contribution in [2.45, 2.75) is 25.9 Å². The van der Waals surface area contributed by atoms with Gasteiger partial charge in [-0.15, -0.1) is 5.10 Å². The van der Waals surface area contributed by atoms with Crippen LogP contribution in [-0.2, 0) is 4.74 Å². The van der Waals surface area contributed by atoms with Gasteiger partial charge in [-0.3, -0.25) is 0 Å². The Morgan fingerprint density at radius 1 is 1.64 bits per heavy atom. The van der Waals surface area contributed by atoms with E-state index in [1.54, 1.807) is 6.20 Å². The van der Waals surface area contributed by atoms with Gasteiger partial charge in [0.15, 0.2) is 0 Å². The normalized spacial score (nSPS) is 21.1. The first-order valence-electron chi connectivity index (χ1n) is 4.86. The van der Waals surface area contributed by atoms with Crippen molar-refractivity contribution in [2.75, 3.05) is 18.5 Å². The average molecular weight is 194 g/mol. The third-order valence-electron chi connectivity index (χ3n) is 2.19. The number of nitrogens with zero attached hydrogens (tertiary/aromatic N) is 3. The average Bonchev–Trinajstić information content (AvgIpc) is 2.67. The maximum atomic E-state index is 5.47. The first kappa shape index (κ1) is 9.33. The third kappa shape index (κ3) is 2.38. The molecule has 1 fully saturated rings. The Morgan fingerprint density at radius 2 is 2.57 bits per heavy atom. The summed E-state index contributed by atoms with van der Waals surface area (Å²) in [5.41, 5.74) is 0.870. The first-order valence-corrected chi connectivity index (χ1v) is 4.86. The lowest BCUT2D eigenvalue weighted by molar-refractivity contribution is 0.120. The molecule has 0 radical (unpaired) electrons. The summed E-state index contributed by atoms with van der Waals surface area (Å²) in [6, 6.07) is 0. The fourth-order valence-electron chi connectivity index (χ4n) is 1.47. The lowest BCUT2D eigenvalue weighted by Crippen LogP contribution is -2.19. The molecule has 5 heteroatoms. The van der Waals surface area contributed by atoms with Crippen molar-refractivity contribution in [1.82, 2.24) is 15.2 Å². The molecule has 1 aromatic heterocycles. The van der Waals surface area contributed by atoms with E-state index in [0.29, 0.717) is 12.1 Å². The summed E-state index contributed by atoms with van der Waals surface area (Å²) in [5, 5.41) is 10.8. The van der Waals surface area contributed by atoms with Crippen molar-refractivity contribution in [3.05, 3.63) is 11.9 Å². The minimum atomic E-state index is 0.305. The van der Waals surface area contributed by atoms with Gasteiger partial charge in [0.25, 0.3) is 0 Å². The highest BCUT2D eigenvalue weighted by Gasteiger charge is 2.15. The highest BCUT2D eigenvalue weighted by atomic mass is 16.5. The second-order valence-electron chi connectivity index (χ2n) is 3.44. The number of anilines is 1. The third-order valence-corrected chi connectivity index (χ3v) is 2.19. The molecule has 2 heterocycles. The minimum Gasteiger partial charge on any atom is -0.376 e. The Hall–Kier alpha value is -1.23.